The van der Waals surface area contributed by atoms with Crippen molar-refractivity contribution in [3.8, 4) is 0 Å². The maximum absolute atomic E-state index is 11.1. The minimum Gasteiger partial charge on any atom is -0.481 e. The minimum atomic E-state index is -2.51. The van der Waals surface area contributed by atoms with Crippen LogP contribution in [0.25, 0.3) is 6.08 Å². The molecule has 0 aliphatic heterocycles. The zero-order valence-electron chi connectivity index (χ0n) is 8.12. The van der Waals surface area contributed by atoms with Crippen LogP contribution in [0.3, 0.4) is 0 Å². The van der Waals surface area contributed by atoms with Crippen molar-refractivity contribution < 1.29 is 18.3 Å². The van der Waals surface area contributed by atoms with Gasteiger partial charge in [0.05, 0.1) is 4.86 Å². The minimum absolute atomic E-state index is 0.105. The van der Waals surface area contributed by atoms with Gasteiger partial charge >= 0.3 is 5.97 Å². The standard InChI is InChI=1S/C11H8O4S/c12-11(13)10-8-4-2-1-3-7(8)5-6-9(10)16(14)15/h1-6,10H,(H,12,13). The number of carboxylic acids is 1. The lowest BCUT2D eigenvalue weighted by Crippen LogP contribution is -2.23. The van der Waals surface area contributed by atoms with Crippen LogP contribution in [0, 0.1) is 0 Å². The van der Waals surface area contributed by atoms with E-state index in [0.717, 1.165) is 5.56 Å². The topological polar surface area (TPSA) is 71.4 Å². The van der Waals surface area contributed by atoms with Gasteiger partial charge in [-0.3, -0.25) is 4.79 Å². The normalized spacial score (nSPS) is 18.0. The van der Waals surface area contributed by atoms with Crippen LogP contribution >= 0.6 is 0 Å². The summed E-state index contributed by atoms with van der Waals surface area (Å²) in [6, 6.07) is 6.86. The largest absolute Gasteiger partial charge is 0.481 e. The lowest BCUT2D eigenvalue weighted by molar-refractivity contribution is -0.137. The summed E-state index contributed by atoms with van der Waals surface area (Å²) in [5.74, 6) is -2.25. The molecule has 1 aliphatic rings. The van der Waals surface area contributed by atoms with Gasteiger partial charge < -0.3 is 5.11 Å². The predicted molar refractivity (Wildman–Crippen MR) is 59.8 cm³/mol. The third-order valence-electron chi connectivity index (χ3n) is 2.46. The summed E-state index contributed by atoms with van der Waals surface area (Å²) < 4.78 is 21.9. The summed E-state index contributed by atoms with van der Waals surface area (Å²) >= 11 is 0. The summed E-state index contributed by atoms with van der Waals surface area (Å²) in [7, 11) is -2.51. The highest BCUT2D eigenvalue weighted by molar-refractivity contribution is 7.73. The Morgan fingerprint density at radius 2 is 1.88 bits per heavy atom. The molecule has 0 saturated carbocycles. The first-order valence-corrected chi connectivity index (χ1v) is 5.64. The number of allylic oxidation sites excluding steroid dienone is 1. The number of aliphatic carboxylic acids is 1. The molecular formula is C11H8O4S. The van der Waals surface area contributed by atoms with E-state index in [2.05, 4.69) is 0 Å². The van der Waals surface area contributed by atoms with Crippen molar-refractivity contribution in [3.63, 3.8) is 0 Å². The summed E-state index contributed by atoms with van der Waals surface area (Å²) in [4.78, 5) is 11.0. The van der Waals surface area contributed by atoms with Gasteiger partial charge in [-0.2, -0.15) is 8.42 Å². The van der Waals surface area contributed by atoms with Crippen molar-refractivity contribution in [2.24, 2.45) is 0 Å². The average molecular weight is 236 g/mol. The molecule has 5 heteroatoms. The van der Waals surface area contributed by atoms with Crippen LogP contribution in [0.1, 0.15) is 17.0 Å². The quantitative estimate of drug-likeness (QED) is 0.736. The SMILES string of the molecule is O=C(O)C1C(=S(=O)=O)C=Cc2ccccc21. The molecule has 1 N–H and O–H groups in total. The van der Waals surface area contributed by atoms with E-state index in [9.17, 15) is 13.2 Å². The number of carbonyl (C=O) groups is 1. The van der Waals surface area contributed by atoms with Gasteiger partial charge in [0.1, 0.15) is 5.92 Å². The van der Waals surface area contributed by atoms with E-state index < -0.39 is 22.2 Å². The Labute approximate surface area is 93.4 Å². The van der Waals surface area contributed by atoms with E-state index >= 15 is 0 Å². The Morgan fingerprint density at radius 3 is 2.50 bits per heavy atom. The first kappa shape index (κ1) is 10.6. The van der Waals surface area contributed by atoms with Gasteiger partial charge in [-0.25, -0.2) is 0 Å². The molecule has 1 aliphatic carbocycles. The Hall–Kier alpha value is -1.88. The second-order valence-corrected chi connectivity index (χ2v) is 4.31. The first-order chi connectivity index (χ1) is 7.61. The molecule has 4 nitrogen and oxygen atoms in total. The lowest BCUT2D eigenvalue weighted by Gasteiger charge is -2.17. The Balaban J connectivity index is 2.73. The summed E-state index contributed by atoms with van der Waals surface area (Å²) in [6.45, 7) is 0. The molecule has 0 heterocycles. The van der Waals surface area contributed by atoms with Crippen LogP contribution in [0.15, 0.2) is 30.3 Å². The number of carboxylic acid groups (broad SMARTS) is 1. The number of fused-ring (bicyclic) bond motifs is 1. The van der Waals surface area contributed by atoms with Gasteiger partial charge in [-0.1, -0.05) is 30.3 Å². The first-order valence-electron chi connectivity index (χ1n) is 4.57. The maximum Gasteiger partial charge on any atom is 0.316 e. The van der Waals surface area contributed by atoms with E-state index in [1.54, 1.807) is 30.3 Å². The summed E-state index contributed by atoms with van der Waals surface area (Å²) in [5.41, 5.74) is 1.25. The number of rotatable bonds is 1. The Kier molecular flexibility index (Phi) is 2.62. The van der Waals surface area contributed by atoms with Gasteiger partial charge in [0.15, 0.2) is 0 Å². The molecule has 1 atom stereocenters. The van der Waals surface area contributed by atoms with Crippen LogP contribution in [-0.4, -0.2) is 24.4 Å². The van der Waals surface area contributed by atoms with E-state index in [-0.39, 0.29) is 4.86 Å². The molecule has 0 radical (unpaired) electrons. The zero-order chi connectivity index (χ0) is 11.7. The van der Waals surface area contributed by atoms with Crippen molar-refractivity contribution in [1.29, 1.82) is 0 Å². The molecule has 0 saturated heterocycles. The van der Waals surface area contributed by atoms with Crippen LogP contribution in [-0.2, 0) is 15.1 Å². The highest BCUT2D eigenvalue weighted by Gasteiger charge is 2.29. The monoisotopic (exact) mass is 236 g/mol. The third-order valence-corrected chi connectivity index (χ3v) is 3.21. The summed E-state index contributed by atoms with van der Waals surface area (Å²) in [6.07, 6.45) is 2.95. The van der Waals surface area contributed by atoms with Gasteiger partial charge in [0, 0.05) is 0 Å². The van der Waals surface area contributed by atoms with Crippen LogP contribution < -0.4 is 0 Å². The van der Waals surface area contributed by atoms with E-state index in [0.29, 0.717) is 5.56 Å². The summed E-state index contributed by atoms with van der Waals surface area (Å²) in [5, 5.41) is 9.08. The van der Waals surface area contributed by atoms with E-state index in [1.165, 1.54) is 6.08 Å². The third kappa shape index (κ3) is 1.65. The number of hydrogen-bond donors (Lipinski definition) is 1. The van der Waals surface area contributed by atoms with E-state index in [1.807, 2.05) is 0 Å². The molecule has 16 heavy (non-hydrogen) atoms. The van der Waals surface area contributed by atoms with Crippen molar-refractivity contribution in [2.75, 3.05) is 0 Å². The molecule has 0 amide bonds. The van der Waals surface area contributed by atoms with Gasteiger partial charge in [0.2, 0.25) is 10.3 Å². The van der Waals surface area contributed by atoms with Crippen LogP contribution in [0.2, 0.25) is 0 Å². The predicted octanol–water partition coefficient (Wildman–Crippen LogP) is 0.933. The second-order valence-electron chi connectivity index (χ2n) is 3.37. The van der Waals surface area contributed by atoms with Crippen LogP contribution in [0.5, 0.6) is 0 Å². The molecule has 0 spiro atoms. The zero-order valence-corrected chi connectivity index (χ0v) is 8.94. The second kappa shape index (κ2) is 3.94. The fraction of sp³-hybridized carbons (Fsp3) is 0.0909. The fourth-order valence-corrected chi connectivity index (χ4v) is 2.35. The molecule has 82 valence electrons. The average Bonchev–Trinajstić information content (AvgIpc) is 2.27. The van der Waals surface area contributed by atoms with Crippen molar-refractivity contribution in [2.45, 2.75) is 5.92 Å². The maximum atomic E-state index is 11.1. The van der Waals surface area contributed by atoms with E-state index in [4.69, 9.17) is 5.11 Å². The van der Waals surface area contributed by atoms with Crippen LogP contribution in [0.4, 0.5) is 0 Å². The smallest absolute Gasteiger partial charge is 0.316 e. The highest BCUT2D eigenvalue weighted by Crippen LogP contribution is 2.27. The fourth-order valence-electron chi connectivity index (χ4n) is 1.75. The van der Waals surface area contributed by atoms with Gasteiger partial charge in [-0.05, 0) is 17.2 Å². The van der Waals surface area contributed by atoms with Crippen molar-refractivity contribution in [3.05, 3.63) is 41.5 Å². The molecule has 2 rings (SSSR count). The lowest BCUT2D eigenvalue weighted by atomic mass is 9.87. The molecule has 1 aromatic carbocycles. The molecular weight excluding hydrogens is 228 g/mol. The highest BCUT2D eigenvalue weighted by atomic mass is 32.2. The molecule has 1 aromatic rings. The molecule has 0 fully saturated rings. The molecule has 0 aromatic heterocycles. The number of hydrogen-bond acceptors (Lipinski definition) is 3. The Bertz CT molecular complexity index is 603. The van der Waals surface area contributed by atoms with Crippen molar-refractivity contribution in [1.82, 2.24) is 0 Å². The van der Waals surface area contributed by atoms with Gasteiger partial charge in [0.25, 0.3) is 0 Å². The Morgan fingerprint density at radius 1 is 1.19 bits per heavy atom. The molecule has 1 unspecified atom stereocenters. The van der Waals surface area contributed by atoms with Gasteiger partial charge in [-0.15, -0.1) is 0 Å². The number of benzene rings is 1. The van der Waals surface area contributed by atoms with Crippen molar-refractivity contribution >= 4 is 27.2 Å². The molecule has 0 bridgehead atoms.